The molecule has 1 heterocycles. The van der Waals surface area contributed by atoms with Gasteiger partial charge >= 0.3 is 0 Å². The van der Waals surface area contributed by atoms with E-state index in [0.717, 1.165) is 5.56 Å². The first kappa shape index (κ1) is 19.9. The fourth-order valence-corrected chi connectivity index (χ4v) is 3.58. The van der Waals surface area contributed by atoms with Crippen molar-refractivity contribution in [3.8, 4) is 5.88 Å². The third kappa shape index (κ3) is 5.03. The van der Waals surface area contributed by atoms with Gasteiger partial charge in [-0.15, -0.1) is 0 Å². The summed E-state index contributed by atoms with van der Waals surface area (Å²) in [5.41, 5.74) is 1.41. The minimum atomic E-state index is -3.82. The quantitative estimate of drug-likeness (QED) is 0.772. The van der Waals surface area contributed by atoms with Gasteiger partial charge in [0.05, 0.1) is 23.9 Å². The van der Waals surface area contributed by atoms with Crippen LogP contribution in [-0.4, -0.2) is 32.5 Å². The molecule has 0 aliphatic rings. The van der Waals surface area contributed by atoms with Gasteiger partial charge in [-0.05, 0) is 31.0 Å². The minimum absolute atomic E-state index is 0.118. The van der Waals surface area contributed by atoms with Crippen LogP contribution < -0.4 is 14.8 Å². The molecule has 2 N–H and O–H groups in total. The van der Waals surface area contributed by atoms with Gasteiger partial charge in [0, 0.05) is 6.07 Å². The second-order valence-corrected chi connectivity index (χ2v) is 7.95. The van der Waals surface area contributed by atoms with Gasteiger partial charge < -0.3 is 10.1 Å². The summed E-state index contributed by atoms with van der Waals surface area (Å²) in [7, 11) is -2.32. The van der Waals surface area contributed by atoms with Crippen molar-refractivity contribution in [1.82, 2.24) is 9.71 Å². The van der Waals surface area contributed by atoms with Crippen LogP contribution in [0.1, 0.15) is 19.4 Å². The molecule has 1 aromatic heterocycles. The van der Waals surface area contributed by atoms with Crippen LogP contribution in [0.25, 0.3) is 0 Å². The zero-order valence-electron chi connectivity index (χ0n) is 15.2. The van der Waals surface area contributed by atoms with Crippen molar-refractivity contribution in [2.45, 2.75) is 31.7 Å². The standard InChI is InChI=1S/C18H23N3O4S/c1-12(2)17(18(22)20-14-7-10-16(25-4)19-11-14)21-26(23,24)15-8-5-13(3)6-9-15/h5-12,17,21H,1-4H3,(H,20,22)/t17-/m0/s1. The zero-order valence-corrected chi connectivity index (χ0v) is 16.0. The SMILES string of the molecule is COc1ccc(NC(=O)[C@@H](NS(=O)(=O)c2ccc(C)cc2)C(C)C)cn1. The molecular weight excluding hydrogens is 354 g/mol. The fraction of sp³-hybridized carbons (Fsp3) is 0.333. The van der Waals surface area contributed by atoms with Crippen LogP contribution in [0.15, 0.2) is 47.5 Å². The van der Waals surface area contributed by atoms with Crippen molar-refractivity contribution in [2.75, 3.05) is 12.4 Å². The van der Waals surface area contributed by atoms with Crippen molar-refractivity contribution in [3.05, 3.63) is 48.2 Å². The zero-order chi connectivity index (χ0) is 19.3. The Morgan fingerprint density at radius 2 is 1.77 bits per heavy atom. The molecule has 2 aromatic rings. The molecular formula is C18H23N3O4S. The van der Waals surface area contributed by atoms with Crippen molar-refractivity contribution >= 4 is 21.6 Å². The molecule has 0 saturated heterocycles. The Bertz CT molecular complexity index is 847. The Hall–Kier alpha value is -2.45. The Morgan fingerprint density at radius 3 is 2.27 bits per heavy atom. The van der Waals surface area contributed by atoms with Gasteiger partial charge in [0.25, 0.3) is 0 Å². The molecule has 1 aromatic carbocycles. The minimum Gasteiger partial charge on any atom is -0.481 e. The van der Waals surface area contributed by atoms with E-state index in [1.54, 1.807) is 38.1 Å². The Labute approximate surface area is 153 Å². The molecule has 0 saturated carbocycles. The molecule has 0 unspecified atom stereocenters. The number of hydrogen-bond donors (Lipinski definition) is 2. The summed E-state index contributed by atoms with van der Waals surface area (Å²) in [6.07, 6.45) is 1.45. The summed E-state index contributed by atoms with van der Waals surface area (Å²) >= 11 is 0. The summed E-state index contributed by atoms with van der Waals surface area (Å²) in [6.45, 7) is 5.42. The Kier molecular flexibility index (Phi) is 6.33. The van der Waals surface area contributed by atoms with Gasteiger partial charge in [0.15, 0.2) is 0 Å². The highest BCUT2D eigenvalue weighted by Gasteiger charge is 2.28. The van der Waals surface area contributed by atoms with E-state index in [0.29, 0.717) is 11.6 Å². The lowest BCUT2D eigenvalue weighted by Crippen LogP contribution is -2.47. The number of sulfonamides is 1. The molecule has 0 fully saturated rings. The summed E-state index contributed by atoms with van der Waals surface area (Å²) < 4.78 is 32.6. The molecule has 0 radical (unpaired) electrons. The van der Waals surface area contributed by atoms with Crippen LogP contribution in [0.2, 0.25) is 0 Å². The molecule has 2 rings (SSSR count). The molecule has 0 spiro atoms. The van der Waals surface area contributed by atoms with E-state index in [-0.39, 0.29) is 10.8 Å². The normalized spacial score (nSPS) is 12.7. The summed E-state index contributed by atoms with van der Waals surface area (Å²) in [5.74, 6) is -0.285. The molecule has 7 nitrogen and oxygen atoms in total. The smallest absolute Gasteiger partial charge is 0.242 e. The predicted octanol–water partition coefficient (Wildman–Crippen LogP) is 2.34. The van der Waals surface area contributed by atoms with Gasteiger partial charge in [-0.25, -0.2) is 13.4 Å². The number of methoxy groups -OCH3 is 1. The predicted molar refractivity (Wildman–Crippen MR) is 99.5 cm³/mol. The van der Waals surface area contributed by atoms with Crippen LogP contribution >= 0.6 is 0 Å². The first-order valence-corrected chi connectivity index (χ1v) is 9.61. The maximum absolute atomic E-state index is 12.6. The van der Waals surface area contributed by atoms with E-state index in [4.69, 9.17) is 4.74 Å². The molecule has 0 aliphatic carbocycles. The first-order valence-electron chi connectivity index (χ1n) is 8.13. The maximum atomic E-state index is 12.6. The number of carbonyl (C=O) groups is 1. The topological polar surface area (TPSA) is 97.4 Å². The summed E-state index contributed by atoms with van der Waals surface area (Å²) in [6, 6.07) is 8.76. The fourth-order valence-electron chi connectivity index (χ4n) is 2.24. The van der Waals surface area contributed by atoms with Gasteiger partial charge in [0.2, 0.25) is 21.8 Å². The van der Waals surface area contributed by atoms with Crippen molar-refractivity contribution in [1.29, 1.82) is 0 Å². The van der Waals surface area contributed by atoms with Crippen LogP contribution in [0.5, 0.6) is 5.88 Å². The van der Waals surface area contributed by atoms with Crippen molar-refractivity contribution < 1.29 is 17.9 Å². The molecule has 0 bridgehead atoms. The van der Waals surface area contributed by atoms with E-state index in [2.05, 4.69) is 15.0 Å². The number of carbonyl (C=O) groups excluding carboxylic acids is 1. The first-order chi connectivity index (χ1) is 12.2. The molecule has 0 aliphatic heterocycles. The second-order valence-electron chi connectivity index (χ2n) is 6.23. The van der Waals surface area contributed by atoms with Crippen molar-refractivity contribution in [2.24, 2.45) is 5.92 Å². The molecule has 1 amide bonds. The largest absolute Gasteiger partial charge is 0.481 e. The number of aromatic nitrogens is 1. The number of amides is 1. The highest BCUT2D eigenvalue weighted by Crippen LogP contribution is 2.15. The number of nitrogens with zero attached hydrogens (tertiary/aromatic N) is 1. The van der Waals surface area contributed by atoms with Gasteiger partial charge in [-0.2, -0.15) is 4.72 Å². The van der Waals surface area contributed by atoms with Crippen LogP contribution in [0.4, 0.5) is 5.69 Å². The van der Waals surface area contributed by atoms with E-state index in [1.807, 2.05) is 6.92 Å². The average molecular weight is 377 g/mol. The second kappa shape index (κ2) is 8.29. The number of aryl methyl sites for hydroxylation is 1. The molecule has 26 heavy (non-hydrogen) atoms. The number of hydrogen-bond acceptors (Lipinski definition) is 5. The van der Waals surface area contributed by atoms with E-state index in [9.17, 15) is 13.2 Å². The number of anilines is 1. The van der Waals surface area contributed by atoms with E-state index >= 15 is 0 Å². The number of rotatable bonds is 7. The maximum Gasteiger partial charge on any atom is 0.242 e. The lowest BCUT2D eigenvalue weighted by Gasteiger charge is -2.21. The number of ether oxygens (including phenoxy) is 1. The van der Waals surface area contributed by atoms with Crippen molar-refractivity contribution in [3.63, 3.8) is 0 Å². The van der Waals surface area contributed by atoms with Crippen LogP contribution in [0, 0.1) is 12.8 Å². The summed E-state index contributed by atoms with van der Waals surface area (Å²) in [4.78, 5) is 16.7. The molecule has 140 valence electrons. The Balaban J connectivity index is 2.16. The van der Waals surface area contributed by atoms with Gasteiger partial charge in [-0.1, -0.05) is 31.5 Å². The number of pyridine rings is 1. The van der Waals surface area contributed by atoms with Gasteiger partial charge in [-0.3, -0.25) is 4.79 Å². The third-order valence-electron chi connectivity index (χ3n) is 3.78. The number of nitrogens with one attached hydrogen (secondary N) is 2. The highest BCUT2D eigenvalue weighted by molar-refractivity contribution is 7.89. The third-order valence-corrected chi connectivity index (χ3v) is 5.23. The van der Waals surface area contributed by atoms with Crippen LogP contribution in [-0.2, 0) is 14.8 Å². The lowest BCUT2D eigenvalue weighted by molar-refractivity contribution is -0.118. The van der Waals surface area contributed by atoms with Crippen LogP contribution in [0.3, 0.4) is 0 Å². The molecule has 1 atom stereocenters. The van der Waals surface area contributed by atoms with Gasteiger partial charge in [0.1, 0.15) is 6.04 Å². The lowest BCUT2D eigenvalue weighted by atomic mass is 10.1. The van der Waals surface area contributed by atoms with E-state index < -0.39 is 22.0 Å². The summed E-state index contributed by atoms with van der Waals surface area (Å²) in [5, 5.41) is 2.67. The Morgan fingerprint density at radius 1 is 1.12 bits per heavy atom. The monoisotopic (exact) mass is 377 g/mol. The average Bonchev–Trinajstić information content (AvgIpc) is 2.60. The highest BCUT2D eigenvalue weighted by atomic mass is 32.2. The molecule has 8 heteroatoms. The van der Waals surface area contributed by atoms with E-state index in [1.165, 1.54) is 25.4 Å². The number of benzene rings is 1.